The fraction of sp³-hybridized carbons (Fsp3) is 0.632. The number of nitrogens with one attached hydrogen (secondary N) is 1. The van der Waals surface area contributed by atoms with E-state index in [1.165, 1.54) is 4.31 Å². The molecular weight excluding hydrogens is 366 g/mol. The van der Waals surface area contributed by atoms with Gasteiger partial charge < -0.3 is 15.0 Å². The van der Waals surface area contributed by atoms with Crippen LogP contribution in [0.15, 0.2) is 29.2 Å². The number of benzene rings is 1. The van der Waals surface area contributed by atoms with Gasteiger partial charge in [-0.2, -0.15) is 4.31 Å². The molecule has 1 aromatic carbocycles. The second-order valence-electron chi connectivity index (χ2n) is 7.68. The highest BCUT2D eigenvalue weighted by molar-refractivity contribution is 7.89. The summed E-state index contributed by atoms with van der Waals surface area (Å²) in [5.41, 5.74) is 0.619. The highest BCUT2D eigenvalue weighted by Crippen LogP contribution is 2.30. The monoisotopic (exact) mass is 393 g/mol. The van der Waals surface area contributed by atoms with E-state index in [-0.39, 0.29) is 10.9 Å². The van der Waals surface area contributed by atoms with Gasteiger partial charge in [0, 0.05) is 43.9 Å². The minimum Gasteiger partial charge on any atom is -0.381 e. The van der Waals surface area contributed by atoms with E-state index in [0.717, 1.165) is 51.9 Å². The Morgan fingerprint density at radius 2 is 1.85 bits per heavy atom. The standard InChI is InChI=1S/C19H27N3O4S/c23-19(22(17-5-6-17)13-15-9-12-26-14-15)20-16-3-7-18(8-4-16)27(24,25)21-10-1-2-11-21/h3-4,7-8,15,17H,1-2,5-6,9-14H2,(H,20,23)/t15-/m0/s1. The fourth-order valence-corrected chi connectivity index (χ4v) is 5.29. The number of hydrogen-bond donors (Lipinski definition) is 1. The SMILES string of the molecule is O=C(Nc1ccc(S(=O)(=O)N2CCCC2)cc1)N(C[C@@H]1CCOC1)C1CC1. The Morgan fingerprint density at radius 3 is 2.44 bits per heavy atom. The minimum atomic E-state index is -3.42. The molecule has 2 amide bonds. The number of urea groups is 1. The summed E-state index contributed by atoms with van der Waals surface area (Å²) in [5.74, 6) is 0.407. The van der Waals surface area contributed by atoms with Gasteiger partial charge >= 0.3 is 6.03 Å². The number of hydrogen-bond acceptors (Lipinski definition) is 4. The van der Waals surface area contributed by atoms with Crippen molar-refractivity contribution in [2.45, 2.75) is 43.0 Å². The maximum absolute atomic E-state index is 12.7. The van der Waals surface area contributed by atoms with Crippen molar-refractivity contribution in [3.63, 3.8) is 0 Å². The van der Waals surface area contributed by atoms with Gasteiger partial charge in [0.1, 0.15) is 0 Å². The summed E-state index contributed by atoms with van der Waals surface area (Å²) < 4.78 is 32.1. The van der Waals surface area contributed by atoms with Gasteiger partial charge in [0.2, 0.25) is 10.0 Å². The molecule has 1 saturated carbocycles. The Hall–Kier alpha value is -1.64. The number of ether oxygens (including phenoxy) is 1. The van der Waals surface area contributed by atoms with E-state index in [1.807, 2.05) is 4.90 Å². The van der Waals surface area contributed by atoms with Crippen LogP contribution in [0, 0.1) is 5.92 Å². The van der Waals surface area contributed by atoms with Gasteiger partial charge in [0.25, 0.3) is 0 Å². The minimum absolute atomic E-state index is 0.112. The summed E-state index contributed by atoms with van der Waals surface area (Å²) in [6.45, 7) is 3.39. The van der Waals surface area contributed by atoms with Gasteiger partial charge in [0.05, 0.1) is 11.5 Å². The van der Waals surface area contributed by atoms with Crippen molar-refractivity contribution < 1.29 is 17.9 Å². The van der Waals surface area contributed by atoms with E-state index < -0.39 is 10.0 Å². The normalized spacial score (nSPS) is 23.5. The Morgan fingerprint density at radius 1 is 1.15 bits per heavy atom. The zero-order valence-corrected chi connectivity index (χ0v) is 16.3. The average molecular weight is 394 g/mol. The molecule has 0 aromatic heterocycles. The fourth-order valence-electron chi connectivity index (χ4n) is 3.77. The molecule has 2 heterocycles. The first-order valence-electron chi connectivity index (χ1n) is 9.79. The van der Waals surface area contributed by atoms with Gasteiger partial charge in [-0.15, -0.1) is 0 Å². The third kappa shape index (κ3) is 4.28. The summed E-state index contributed by atoms with van der Waals surface area (Å²) in [7, 11) is -3.42. The number of nitrogens with zero attached hydrogens (tertiary/aromatic N) is 2. The molecule has 1 N–H and O–H groups in total. The third-order valence-corrected chi connectivity index (χ3v) is 7.45. The van der Waals surface area contributed by atoms with E-state index >= 15 is 0 Å². The van der Waals surface area contributed by atoms with Crippen LogP contribution in [0.3, 0.4) is 0 Å². The smallest absolute Gasteiger partial charge is 0.322 e. The number of sulfonamides is 1. The molecule has 1 aliphatic carbocycles. The molecular formula is C19H27N3O4S. The maximum Gasteiger partial charge on any atom is 0.322 e. The van der Waals surface area contributed by atoms with E-state index in [2.05, 4.69) is 5.32 Å². The van der Waals surface area contributed by atoms with Crippen LogP contribution in [-0.4, -0.2) is 62.5 Å². The molecule has 0 unspecified atom stereocenters. The zero-order valence-electron chi connectivity index (χ0n) is 15.5. The molecule has 2 saturated heterocycles. The topological polar surface area (TPSA) is 79.0 Å². The van der Waals surface area contributed by atoms with E-state index in [1.54, 1.807) is 24.3 Å². The first-order chi connectivity index (χ1) is 13.0. The molecule has 7 nitrogen and oxygen atoms in total. The quantitative estimate of drug-likeness (QED) is 0.805. The molecule has 4 rings (SSSR count). The van der Waals surface area contributed by atoms with Crippen molar-refractivity contribution >= 4 is 21.7 Å². The van der Waals surface area contributed by atoms with Crippen molar-refractivity contribution in [2.24, 2.45) is 5.92 Å². The van der Waals surface area contributed by atoms with Crippen LogP contribution < -0.4 is 5.32 Å². The van der Waals surface area contributed by atoms with E-state index in [4.69, 9.17) is 4.74 Å². The number of amides is 2. The second kappa shape index (κ2) is 7.77. The van der Waals surface area contributed by atoms with Gasteiger partial charge in [0.15, 0.2) is 0 Å². The van der Waals surface area contributed by atoms with Crippen LogP contribution in [0.25, 0.3) is 0 Å². The molecule has 0 radical (unpaired) electrons. The highest BCUT2D eigenvalue weighted by Gasteiger charge is 2.35. The average Bonchev–Trinajstić information content (AvgIpc) is 3.13. The van der Waals surface area contributed by atoms with Crippen molar-refractivity contribution in [3.8, 4) is 0 Å². The maximum atomic E-state index is 12.7. The van der Waals surface area contributed by atoms with E-state index in [9.17, 15) is 13.2 Å². The lowest BCUT2D eigenvalue weighted by molar-refractivity contribution is 0.167. The van der Waals surface area contributed by atoms with Crippen molar-refractivity contribution in [1.82, 2.24) is 9.21 Å². The lowest BCUT2D eigenvalue weighted by Gasteiger charge is -2.25. The molecule has 2 aliphatic heterocycles. The van der Waals surface area contributed by atoms with Gasteiger partial charge in [-0.1, -0.05) is 0 Å². The second-order valence-corrected chi connectivity index (χ2v) is 9.62. The van der Waals surface area contributed by atoms with Crippen LogP contribution in [0.1, 0.15) is 32.1 Å². The number of anilines is 1. The van der Waals surface area contributed by atoms with Crippen molar-refractivity contribution in [2.75, 3.05) is 38.2 Å². The Balaban J connectivity index is 1.40. The van der Waals surface area contributed by atoms with Gasteiger partial charge in [-0.25, -0.2) is 13.2 Å². The van der Waals surface area contributed by atoms with Gasteiger partial charge in [-0.05, 0) is 56.4 Å². The lowest BCUT2D eigenvalue weighted by atomic mass is 10.1. The molecule has 1 atom stereocenters. The summed E-state index contributed by atoms with van der Waals surface area (Å²) >= 11 is 0. The molecule has 27 heavy (non-hydrogen) atoms. The number of carbonyl (C=O) groups excluding carboxylic acids is 1. The van der Waals surface area contributed by atoms with Crippen LogP contribution in [0.2, 0.25) is 0 Å². The highest BCUT2D eigenvalue weighted by atomic mass is 32.2. The summed E-state index contributed by atoms with van der Waals surface area (Å²) in [6.07, 6.45) is 4.92. The number of rotatable bonds is 6. The van der Waals surface area contributed by atoms with Crippen LogP contribution >= 0.6 is 0 Å². The molecule has 1 aromatic rings. The first kappa shape index (κ1) is 18.7. The third-order valence-electron chi connectivity index (χ3n) is 5.54. The summed E-state index contributed by atoms with van der Waals surface area (Å²) in [5, 5.41) is 2.92. The Bertz CT molecular complexity index is 765. The molecule has 0 bridgehead atoms. The molecule has 148 valence electrons. The van der Waals surface area contributed by atoms with Crippen LogP contribution in [0.5, 0.6) is 0 Å². The van der Waals surface area contributed by atoms with Crippen molar-refractivity contribution in [1.29, 1.82) is 0 Å². The molecule has 3 fully saturated rings. The molecule has 0 spiro atoms. The van der Waals surface area contributed by atoms with Gasteiger partial charge in [-0.3, -0.25) is 0 Å². The Labute approximate surface area is 160 Å². The lowest BCUT2D eigenvalue weighted by Crippen LogP contribution is -2.40. The number of carbonyl (C=O) groups is 1. The first-order valence-corrected chi connectivity index (χ1v) is 11.2. The van der Waals surface area contributed by atoms with Crippen molar-refractivity contribution in [3.05, 3.63) is 24.3 Å². The predicted molar refractivity (Wildman–Crippen MR) is 102 cm³/mol. The van der Waals surface area contributed by atoms with Crippen LogP contribution in [-0.2, 0) is 14.8 Å². The summed E-state index contributed by atoms with van der Waals surface area (Å²) in [4.78, 5) is 14.9. The predicted octanol–water partition coefficient (Wildman–Crippen LogP) is 2.50. The molecule has 8 heteroatoms. The van der Waals surface area contributed by atoms with E-state index in [0.29, 0.717) is 30.7 Å². The Kier molecular flexibility index (Phi) is 5.39. The largest absolute Gasteiger partial charge is 0.381 e. The molecule has 3 aliphatic rings. The zero-order chi connectivity index (χ0) is 18.9. The van der Waals surface area contributed by atoms with Crippen LogP contribution in [0.4, 0.5) is 10.5 Å². The summed E-state index contributed by atoms with van der Waals surface area (Å²) in [6, 6.07) is 6.71.